The Kier molecular flexibility index (Phi) is 4.78. The summed E-state index contributed by atoms with van der Waals surface area (Å²) in [5.41, 5.74) is 12.4. The summed E-state index contributed by atoms with van der Waals surface area (Å²) in [5.74, 6) is -1.56. The van der Waals surface area contributed by atoms with Crippen molar-refractivity contribution in [2.75, 3.05) is 0 Å². The van der Waals surface area contributed by atoms with Gasteiger partial charge in [0.2, 0.25) is 5.91 Å². The molecule has 0 saturated heterocycles. The minimum Gasteiger partial charge on any atom is -0.508 e. The van der Waals surface area contributed by atoms with E-state index in [1.807, 2.05) is 0 Å². The van der Waals surface area contributed by atoms with Crippen molar-refractivity contribution in [2.24, 2.45) is 11.5 Å². The SMILES string of the molecule is Cc1nn(CC(C)(N)CC(N)=O)c2nc(-c3ccc(O)cc3)cc(C(=O)O)c12. The van der Waals surface area contributed by atoms with Crippen LogP contribution in [0.4, 0.5) is 0 Å². The molecule has 0 aliphatic rings. The number of carboxylic acids is 1. The molecule has 28 heavy (non-hydrogen) atoms. The minimum atomic E-state index is -1.11. The number of phenols is 1. The van der Waals surface area contributed by atoms with Gasteiger partial charge >= 0.3 is 5.97 Å². The van der Waals surface area contributed by atoms with E-state index in [0.29, 0.717) is 28.0 Å². The number of hydrogen-bond donors (Lipinski definition) is 4. The second kappa shape index (κ2) is 6.93. The predicted octanol–water partition coefficient (Wildman–Crippen LogP) is 1.40. The number of aromatic carboxylic acids is 1. The number of aromatic nitrogens is 3. The number of nitrogens with zero attached hydrogens (tertiary/aromatic N) is 3. The number of primary amides is 1. The van der Waals surface area contributed by atoms with Gasteiger partial charge in [-0.25, -0.2) is 14.5 Å². The summed E-state index contributed by atoms with van der Waals surface area (Å²) < 4.78 is 1.50. The van der Waals surface area contributed by atoms with Crippen molar-refractivity contribution >= 4 is 22.9 Å². The van der Waals surface area contributed by atoms with E-state index >= 15 is 0 Å². The maximum absolute atomic E-state index is 11.9. The lowest BCUT2D eigenvalue weighted by atomic mass is 9.99. The lowest BCUT2D eigenvalue weighted by molar-refractivity contribution is -0.119. The van der Waals surface area contributed by atoms with Crippen molar-refractivity contribution in [3.63, 3.8) is 0 Å². The first-order valence-corrected chi connectivity index (χ1v) is 8.55. The molecule has 1 aromatic carbocycles. The highest BCUT2D eigenvalue weighted by molar-refractivity contribution is 6.04. The Balaban J connectivity index is 2.20. The average Bonchev–Trinajstić information content (AvgIpc) is 2.88. The summed E-state index contributed by atoms with van der Waals surface area (Å²) in [6.07, 6.45) is -0.0587. The third-order valence-corrected chi connectivity index (χ3v) is 4.36. The molecule has 1 amide bonds. The summed E-state index contributed by atoms with van der Waals surface area (Å²) in [4.78, 5) is 27.7. The zero-order chi connectivity index (χ0) is 20.6. The molecular weight excluding hydrogens is 362 g/mol. The van der Waals surface area contributed by atoms with E-state index in [-0.39, 0.29) is 24.3 Å². The van der Waals surface area contributed by atoms with Gasteiger partial charge in [-0.1, -0.05) is 0 Å². The van der Waals surface area contributed by atoms with Gasteiger partial charge in [-0.05, 0) is 44.2 Å². The number of aryl methyl sites for hydroxylation is 1. The number of rotatable bonds is 6. The number of phenolic OH excluding ortho intramolecular Hbond substituents is 1. The van der Waals surface area contributed by atoms with E-state index in [9.17, 15) is 19.8 Å². The fraction of sp³-hybridized carbons (Fsp3) is 0.263. The molecule has 3 aromatic rings. The first kappa shape index (κ1) is 19.3. The molecule has 6 N–H and O–H groups in total. The van der Waals surface area contributed by atoms with Crippen LogP contribution in [0.15, 0.2) is 30.3 Å². The standard InChI is InChI=1S/C19H21N5O4/c1-10-16-13(18(27)28)7-14(11-3-5-12(25)6-4-11)22-17(16)24(23-10)9-19(2,21)8-15(20)26/h3-7,25H,8-9,21H2,1-2H3,(H2,20,26)(H,27,28). The number of amides is 1. The smallest absolute Gasteiger partial charge is 0.336 e. The number of fused-ring (bicyclic) bond motifs is 1. The van der Waals surface area contributed by atoms with E-state index in [4.69, 9.17) is 11.5 Å². The summed E-state index contributed by atoms with van der Waals surface area (Å²) >= 11 is 0. The third kappa shape index (κ3) is 3.79. The van der Waals surface area contributed by atoms with Crippen molar-refractivity contribution in [2.45, 2.75) is 32.4 Å². The number of carbonyl (C=O) groups excluding carboxylic acids is 1. The van der Waals surface area contributed by atoms with Crippen LogP contribution in [0.5, 0.6) is 5.75 Å². The highest BCUT2D eigenvalue weighted by Crippen LogP contribution is 2.28. The zero-order valence-electron chi connectivity index (χ0n) is 15.5. The molecule has 3 rings (SSSR count). The Morgan fingerprint density at radius 3 is 2.46 bits per heavy atom. The molecule has 0 aliphatic carbocycles. The van der Waals surface area contributed by atoms with Gasteiger partial charge in [-0.15, -0.1) is 0 Å². The molecule has 0 radical (unpaired) electrons. The molecule has 2 heterocycles. The molecule has 0 bridgehead atoms. The van der Waals surface area contributed by atoms with Crippen molar-refractivity contribution in [3.8, 4) is 17.0 Å². The first-order chi connectivity index (χ1) is 13.1. The maximum Gasteiger partial charge on any atom is 0.336 e. The van der Waals surface area contributed by atoms with E-state index in [0.717, 1.165) is 0 Å². The van der Waals surface area contributed by atoms with Gasteiger partial charge in [0.25, 0.3) is 0 Å². The van der Waals surface area contributed by atoms with Crippen LogP contribution in [0, 0.1) is 6.92 Å². The number of carbonyl (C=O) groups is 2. The average molecular weight is 383 g/mol. The molecule has 1 atom stereocenters. The topological polar surface area (TPSA) is 157 Å². The van der Waals surface area contributed by atoms with Crippen LogP contribution in [-0.2, 0) is 11.3 Å². The quantitative estimate of drug-likeness (QED) is 0.501. The normalized spacial score (nSPS) is 13.4. The van der Waals surface area contributed by atoms with Gasteiger partial charge < -0.3 is 21.7 Å². The highest BCUT2D eigenvalue weighted by Gasteiger charge is 2.26. The lowest BCUT2D eigenvalue weighted by Gasteiger charge is -2.23. The van der Waals surface area contributed by atoms with Crippen molar-refractivity contribution < 1.29 is 19.8 Å². The molecule has 146 valence electrons. The predicted molar refractivity (Wildman–Crippen MR) is 103 cm³/mol. The fourth-order valence-electron chi connectivity index (χ4n) is 3.21. The molecule has 0 saturated carbocycles. The Hall–Kier alpha value is -3.46. The van der Waals surface area contributed by atoms with Gasteiger partial charge in [0.15, 0.2) is 5.65 Å². The van der Waals surface area contributed by atoms with Crippen LogP contribution in [-0.4, -0.2) is 42.4 Å². The lowest BCUT2D eigenvalue weighted by Crippen LogP contribution is -2.44. The summed E-state index contributed by atoms with van der Waals surface area (Å²) in [7, 11) is 0. The zero-order valence-corrected chi connectivity index (χ0v) is 15.5. The van der Waals surface area contributed by atoms with Crippen molar-refractivity contribution in [3.05, 3.63) is 41.6 Å². The van der Waals surface area contributed by atoms with E-state index in [1.54, 1.807) is 26.0 Å². The number of aromatic hydroxyl groups is 1. The highest BCUT2D eigenvalue weighted by atomic mass is 16.4. The molecule has 0 spiro atoms. The van der Waals surface area contributed by atoms with Gasteiger partial charge in [0.05, 0.1) is 28.9 Å². The fourth-order valence-corrected chi connectivity index (χ4v) is 3.21. The van der Waals surface area contributed by atoms with Gasteiger partial charge in [-0.3, -0.25) is 4.79 Å². The number of benzene rings is 1. The second-order valence-corrected chi connectivity index (χ2v) is 7.15. The summed E-state index contributed by atoms with van der Waals surface area (Å²) in [5, 5.41) is 24.0. The van der Waals surface area contributed by atoms with Crippen LogP contribution in [0.3, 0.4) is 0 Å². The van der Waals surface area contributed by atoms with E-state index < -0.39 is 17.4 Å². The Morgan fingerprint density at radius 1 is 1.25 bits per heavy atom. The Labute approximate surface area is 160 Å². The largest absolute Gasteiger partial charge is 0.508 e. The molecule has 9 heteroatoms. The van der Waals surface area contributed by atoms with Crippen LogP contribution < -0.4 is 11.5 Å². The van der Waals surface area contributed by atoms with Crippen LogP contribution in [0.2, 0.25) is 0 Å². The minimum absolute atomic E-state index is 0.0587. The van der Waals surface area contributed by atoms with E-state index in [1.165, 1.54) is 22.9 Å². The van der Waals surface area contributed by atoms with Gasteiger partial charge in [0.1, 0.15) is 5.75 Å². The third-order valence-electron chi connectivity index (χ3n) is 4.36. The van der Waals surface area contributed by atoms with Crippen LogP contribution in [0.1, 0.15) is 29.4 Å². The summed E-state index contributed by atoms with van der Waals surface area (Å²) in [6.45, 7) is 3.49. The molecule has 9 nitrogen and oxygen atoms in total. The number of pyridine rings is 1. The molecular formula is C19H21N5O4. The second-order valence-electron chi connectivity index (χ2n) is 7.15. The number of hydrogen-bond acceptors (Lipinski definition) is 6. The maximum atomic E-state index is 11.9. The van der Waals surface area contributed by atoms with Gasteiger partial charge in [-0.2, -0.15) is 5.10 Å². The number of nitrogens with two attached hydrogens (primary N) is 2. The molecule has 2 aromatic heterocycles. The van der Waals surface area contributed by atoms with E-state index in [2.05, 4.69) is 10.1 Å². The Bertz CT molecular complexity index is 1070. The summed E-state index contributed by atoms with van der Waals surface area (Å²) in [6, 6.07) is 7.74. The van der Waals surface area contributed by atoms with Crippen molar-refractivity contribution in [1.82, 2.24) is 14.8 Å². The van der Waals surface area contributed by atoms with Crippen LogP contribution in [0.25, 0.3) is 22.3 Å². The van der Waals surface area contributed by atoms with Gasteiger partial charge in [0, 0.05) is 17.5 Å². The monoisotopic (exact) mass is 383 g/mol. The number of carboxylic acid groups (broad SMARTS) is 1. The molecule has 0 aliphatic heterocycles. The Morgan fingerprint density at radius 2 is 1.89 bits per heavy atom. The van der Waals surface area contributed by atoms with Crippen molar-refractivity contribution in [1.29, 1.82) is 0 Å². The first-order valence-electron chi connectivity index (χ1n) is 8.55. The van der Waals surface area contributed by atoms with Crippen LogP contribution >= 0.6 is 0 Å². The molecule has 1 unspecified atom stereocenters. The molecule has 0 fully saturated rings.